The van der Waals surface area contributed by atoms with Crippen LogP contribution >= 0.6 is 23.2 Å². The highest BCUT2D eigenvalue weighted by Gasteiger charge is 2.62. The third kappa shape index (κ3) is 5.12. The van der Waals surface area contributed by atoms with Crippen molar-refractivity contribution in [3.8, 4) is 0 Å². The zero-order valence-corrected chi connectivity index (χ0v) is 19.8. The standard InChI is InChI=1S/C24H19Cl2F3N4O2/c1-14-8-15(5-6-20(14)22(32-34)31-13-19-4-2-3-7-30-19)21-12-23(35-33-21,24(27,28)29)16-9-17(25)11-18(26)10-16/h2-11,34H,12-13H2,1H3,(H,31,32). The van der Waals surface area contributed by atoms with Gasteiger partial charge in [-0.2, -0.15) is 13.2 Å². The summed E-state index contributed by atoms with van der Waals surface area (Å²) in [6, 6.07) is 14.0. The van der Waals surface area contributed by atoms with Gasteiger partial charge in [-0.1, -0.05) is 46.6 Å². The van der Waals surface area contributed by atoms with Gasteiger partial charge in [-0.25, -0.2) is 0 Å². The van der Waals surface area contributed by atoms with Gasteiger partial charge in [0.1, 0.15) is 0 Å². The fraction of sp³-hybridized carbons (Fsp3) is 0.208. The first-order valence-electron chi connectivity index (χ1n) is 10.4. The summed E-state index contributed by atoms with van der Waals surface area (Å²) in [4.78, 5) is 13.6. The number of aliphatic imine (C=N–C) groups is 1. The van der Waals surface area contributed by atoms with Gasteiger partial charge in [-0.3, -0.25) is 20.7 Å². The van der Waals surface area contributed by atoms with E-state index in [1.807, 2.05) is 6.07 Å². The van der Waals surface area contributed by atoms with E-state index in [2.05, 4.69) is 20.6 Å². The summed E-state index contributed by atoms with van der Waals surface area (Å²) < 4.78 is 42.7. The molecule has 0 bridgehead atoms. The zero-order valence-electron chi connectivity index (χ0n) is 18.3. The van der Waals surface area contributed by atoms with Crippen LogP contribution in [0, 0.1) is 6.92 Å². The number of hydrogen-bond acceptors (Lipinski definition) is 5. The van der Waals surface area contributed by atoms with Gasteiger partial charge < -0.3 is 4.84 Å². The number of aryl methyl sites for hydroxylation is 1. The molecule has 1 aliphatic rings. The highest BCUT2D eigenvalue weighted by molar-refractivity contribution is 6.34. The molecule has 0 saturated heterocycles. The van der Waals surface area contributed by atoms with Crippen LogP contribution in [0.2, 0.25) is 10.0 Å². The molecule has 3 aromatic rings. The number of hydroxylamine groups is 1. The molecule has 11 heteroatoms. The van der Waals surface area contributed by atoms with Crippen molar-refractivity contribution in [3.05, 3.63) is 98.8 Å². The molecule has 0 saturated carbocycles. The second kappa shape index (κ2) is 9.85. The maximum absolute atomic E-state index is 14.2. The monoisotopic (exact) mass is 522 g/mol. The number of halogens is 5. The highest BCUT2D eigenvalue weighted by Crippen LogP contribution is 2.49. The molecule has 2 N–H and O–H groups in total. The Kier molecular flexibility index (Phi) is 7.02. The van der Waals surface area contributed by atoms with Crippen molar-refractivity contribution in [1.29, 1.82) is 0 Å². The van der Waals surface area contributed by atoms with Gasteiger partial charge in [-0.15, -0.1) is 0 Å². The fourth-order valence-electron chi connectivity index (χ4n) is 3.79. The van der Waals surface area contributed by atoms with Gasteiger partial charge in [0.05, 0.1) is 18.0 Å². The third-order valence-electron chi connectivity index (χ3n) is 5.56. The lowest BCUT2D eigenvalue weighted by molar-refractivity contribution is -0.275. The molecule has 1 unspecified atom stereocenters. The van der Waals surface area contributed by atoms with Gasteiger partial charge in [0, 0.05) is 33.8 Å². The van der Waals surface area contributed by atoms with Crippen molar-refractivity contribution in [1.82, 2.24) is 10.5 Å². The van der Waals surface area contributed by atoms with Crippen LogP contribution in [-0.2, 0) is 17.0 Å². The number of amidine groups is 1. The van der Waals surface area contributed by atoms with Gasteiger partial charge in [-0.05, 0) is 54.4 Å². The Morgan fingerprint density at radius 3 is 2.49 bits per heavy atom. The number of rotatable bonds is 5. The normalized spacial score (nSPS) is 18.3. The molecule has 0 radical (unpaired) electrons. The molecule has 1 aliphatic heterocycles. The summed E-state index contributed by atoms with van der Waals surface area (Å²) in [5.41, 5.74) is 1.60. The molecule has 6 nitrogen and oxygen atoms in total. The molecule has 1 aromatic heterocycles. The summed E-state index contributed by atoms with van der Waals surface area (Å²) in [6.07, 6.45) is -3.71. The number of aromatic nitrogens is 1. The summed E-state index contributed by atoms with van der Waals surface area (Å²) in [6.45, 7) is 1.97. The SMILES string of the molecule is Cc1cc(C2=NOC(c3cc(Cl)cc(Cl)c3)(C(F)(F)F)C2)ccc1/C(=N/Cc1ccccn1)NO. The molecule has 0 aliphatic carbocycles. The Labute approximate surface area is 209 Å². The average Bonchev–Trinajstić information content (AvgIpc) is 3.27. The summed E-state index contributed by atoms with van der Waals surface area (Å²) >= 11 is 11.9. The molecular formula is C24H19Cl2F3N4O2. The molecule has 0 fully saturated rings. The average molecular weight is 523 g/mol. The molecule has 2 heterocycles. The highest BCUT2D eigenvalue weighted by atomic mass is 35.5. The first-order valence-corrected chi connectivity index (χ1v) is 11.1. The topological polar surface area (TPSA) is 79.1 Å². The van der Waals surface area contributed by atoms with E-state index >= 15 is 0 Å². The van der Waals surface area contributed by atoms with E-state index in [0.717, 1.165) is 0 Å². The fourth-order valence-corrected chi connectivity index (χ4v) is 4.31. The van der Waals surface area contributed by atoms with E-state index in [1.165, 1.54) is 18.2 Å². The van der Waals surface area contributed by atoms with E-state index in [-0.39, 0.29) is 33.7 Å². The van der Waals surface area contributed by atoms with Crippen LogP contribution in [-0.4, -0.2) is 27.9 Å². The molecule has 2 aromatic carbocycles. The summed E-state index contributed by atoms with van der Waals surface area (Å²) in [7, 11) is 0. The van der Waals surface area contributed by atoms with Crippen LogP contribution in [0.5, 0.6) is 0 Å². The predicted octanol–water partition coefficient (Wildman–Crippen LogP) is 6.20. The predicted molar refractivity (Wildman–Crippen MR) is 127 cm³/mol. The van der Waals surface area contributed by atoms with Crippen LogP contribution in [0.15, 0.2) is 70.9 Å². The number of nitrogens with zero attached hydrogens (tertiary/aromatic N) is 3. The number of nitrogens with one attached hydrogen (secondary N) is 1. The van der Waals surface area contributed by atoms with E-state index in [4.69, 9.17) is 28.0 Å². The third-order valence-corrected chi connectivity index (χ3v) is 6.00. The van der Waals surface area contributed by atoms with Crippen LogP contribution in [0.25, 0.3) is 0 Å². The van der Waals surface area contributed by atoms with Crippen LogP contribution < -0.4 is 5.48 Å². The van der Waals surface area contributed by atoms with Crippen molar-refractivity contribution in [2.45, 2.75) is 31.7 Å². The van der Waals surface area contributed by atoms with Crippen LogP contribution in [0.1, 0.15) is 34.4 Å². The van der Waals surface area contributed by atoms with Gasteiger partial charge >= 0.3 is 6.18 Å². The van der Waals surface area contributed by atoms with E-state index < -0.39 is 18.2 Å². The van der Waals surface area contributed by atoms with E-state index in [0.29, 0.717) is 22.4 Å². The van der Waals surface area contributed by atoms with Gasteiger partial charge in [0.15, 0.2) is 5.84 Å². The number of oxime groups is 1. The van der Waals surface area contributed by atoms with E-state index in [1.54, 1.807) is 43.5 Å². The van der Waals surface area contributed by atoms with Crippen molar-refractivity contribution >= 4 is 34.7 Å². The maximum Gasteiger partial charge on any atom is 0.435 e. The Hall–Kier alpha value is -3.14. The van der Waals surface area contributed by atoms with Gasteiger partial charge in [0.25, 0.3) is 5.60 Å². The van der Waals surface area contributed by atoms with Crippen LogP contribution in [0.3, 0.4) is 0 Å². The van der Waals surface area contributed by atoms with Crippen LogP contribution in [0.4, 0.5) is 13.2 Å². The molecule has 35 heavy (non-hydrogen) atoms. The van der Waals surface area contributed by atoms with Crippen molar-refractivity contribution in [2.24, 2.45) is 10.1 Å². The molecule has 4 rings (SSSR count). The first-order chi connectivity index (χ1) is 16.6. The molecular weight excluding hydrogens is 504 g/mol. The minimum atomic E-state index is -4.78. The Morgan fingerprint density at radius 1 is 1.14 bits per heavy atom. The smallest absolute Gasteiger partial charge is 0.374 e. The second-order valence-corrected chi connectivity index (χ2v) is 8.79. The lowest BCUT2D eigenvalue weighted by Gasteiger charge is -2.29. The maximum atomic E-state index is 14.2. The first kappa shape index (κ1) is 25.0. The number of pyridine rings is 1. The van der Waals surface area contributed by atoms with Crippen molar-refractivity contribution < 1.29 is 23.2 Å². The lowest BCUT2D eigenvalue weighted by atomic mass is 9.86. The second-order valence-electron chi connectivity index (χ2n) is 7.92. The largest absolute Gasteiger partial charge is 0.435 e. The Balaban J connectivity index is 1.62. The number of benzene rings is 2. The molecule has 182 valence electrons. The summed E-state index contributed by atoms with van der Waals surface area (Å²) in [5, 5.41) is 13.5. The van der Waals surface area contributed by atoms with Crippen molar-refractivity contribution in [3.63, 3.8) is 0 Å². The Bertz CT molecular complexity index is 1280. The molecule has 0 spiro atoms. The molecule has 0 amide bonds. The quantitative estimate of drug-likeness (QED) is 0.237. The number of alkyl halides is 3. The minimum Gasteiger partial charge on any atom is -0.374 e. The van der Waals surface area contributed by atoms with Crippen molar-refractivity contribution in [2.75, 3.05) is 0 Å². The molecule has 1 atom stereocenters. The summed E-state index contributed by atoms with van der Waals surface area (Å²) in [5.74, 6) is 0.197. The lowest BCUT2D eigenvalue weighted by Crippen LogP contribution is -2.42. The number of hydrogen-bond donors (Lipinski definition) is 2. The van der Waals surface area contributed by atoms with Gasteiger partial charge in [0.2, 0.25) is 0 Å². The van der Waals surface area contributed by atoms with E-state index in [9.17, 15) is 18.4 Å². The minimum absolute atomic E-state index is 0.0578. The zero-order chi connectivity index (χ0) is 25.2. The Morgan fingerprint density at radius 2 is 1.89 bits per heavy atom.